The lowest BCUT2D eigenvalue weighted by Gasteiger charge is -1.99. The molecule has 2 aromatic heterocycles. The Morgan fingerprint density at radius 3 is 3.05 bits per heavy atom. The highest BCUT2D eigenvalue weighted by molar-refractivity contribution is 7.09. The quantitative estimate of drug-likeness (QED) is 0.801. The predicted molar refractivity (Wildman–Crippen MR) is 79.2 cm³/mol. The van der Waals surface area contributed by atoms with Crippen molar-refractivity contribution in [2.75, 3.05) is 0 Å². The van der Waals surface area contributed by atoms with E-state index < -0.39 is 0 Å². The largest absolute Gasteiger partial charge is 0.451 e. The number of hydrogen-bond donors (Lipinski definition) is 1. The number of carbonyl (C=O) groups is 1. The zero-order valence-electron chi connectivity index (χ0n) is 10.6. The maximum atomic E-state index is 12.0. The van der Waals surface area contributed by atoms with E-state index in [-0.39, 0.29) is 11.7 Å². The molecule has 0 aliphatic rings. The van der Waals surface area contributed by atoms with Gasteiger partial charge in [0, 0.05) is 21.5 Å². The lowest BCUT2D eigenvalue weighted by atomic mass is 10.2. The van der Waals surface area contributed by atoms with E-state index in [1.165, 1.54) is 11.3 Å². The van der Waals surface area contributed by atoms with Gasteiger partial charge in [-0.25, -0.2) is 4.98 Å². The molecule has 0 aliphatic carbocycles. The van der Waals surface area contributed by atoms with Gasteiger partial charge in [-0.15, -0.1) is 11.3 Å². The van der Waals surface area contributed by atoms with E-state index in [2.05, 4.69) is 10.3 Å². The van der Waals surface area contributed by atoms with Gasteiger partial charge < -0.3 is 9.73 Å². The van der Waals surface area contributed by atoms with Crippen LogP contribution in [0.15, 0.2) is 34.1 Å². The highest BCUT2D eigenvalue weighted by Crippen LogP contribution is 2.23. The number of hydrogen-bond acceptors (Lipinski definition) is 4. The molecule has 0 saturated heterocycles. The summed E-state index contributed by atoms with van der Waals surface area (Å²) in [6.45, 7) is 2.32. The van der Waals surface area contributed by atoms with Crippen LogP contribution in [-0.4, -0.2) is 10.9 Å². The Hall–Kier alpha value is -1.85. The number of aryl methyl sites for hydroxylation is 1. The highest BCUT2D eigenvalue weighted by atomic mass is 35.5. The van der Waals surface area contributed by atoms with Gasteiger partial charge in [-0.05, 0) is 31.2 Å². The van der Waals surface area contributed by atoms with Crippen molar-refractivity contribution in [2.24, 2.45) is 0 Å². The minimum Gasteiger partial charge on any atom is -0.451 e. The van der Waals surface area contributed by atoms with Gasteiger partial charge in [-0.2, -0.15) is 0 Å². The van der Waals surface area contributed by atoms with Crippen LogP contribution >= 0.6 is 22.9 Å². The summed E-state index contributed by atoms with van der Waals surface area (Å²) in [5.41, 5.74) is 1.60. The molecule has 1 aromatic carbocycles. The summed E-state index contributed by atoms with van der Waals surface area (Å²) in [5.74, 6) is 0.0146. The van der Waals surface area contributed by atoms with Crippen molar-refractivity contribution in [3.05, 3.63) is 51.1 Å². The number of nitrogens with zero attached hydrogens (tertiary/aromatic N) is 1. The van der Waals surface area contributed by atoms with Gasteiger partial charge in [-0.1, -0.05) is 11.6 Å². The Labute approximate surface area is 124 Å². The van der Waals surface area contributed by atoms with Crippen molar-refractivity contribution in [3.63, 3.8) is 0 Å². The Morgan fingerprint density at radius 1 is 1.45 bits per heavy atom. The summed E-state index contributed by atoms with van der Waals surface area (Å²) in [5, 5.41) is 7.03. The second-order valence-electron chi connectivity index (χ2n) is 4.36. The van der Waals surface area contributed by atoms with Crippen LogP contribution < -0.4 is 5.32 Å². The molecule has 3 aromatic rings. The standard InChI is InChI=1S/C14H11ClN2O2S/c1-8-7-20-13(17-8)6-16-14(18)12-5-9-4-10(15)2-3-11(9)19-12/h2-5,7H,6H2,1H3,(H,16,18). The minimum atomic E-state index is -0.259. The van der Waals surface area contributed by atoms with Gasteiger partial charge in [0.15, 0.2) is 5.76 Å². The molecule has 6 heteroatoms. The summed E-state index contributed by atoms with van der Waals surface area (Å²) in [7, 11) is 0. The number of aromatic nitrogens is 1. The second-order valence-corrected chi connectivity index (χ2v) is 5.74. The summed E-state index contributed by atoms with van der Waals surface area (Å²) < 4.78 is 5.49. The Balaban J connectivity index is 1.75. The zero-order chi connectivity index (χ0) is 14.1. The molecule has 1 amide bonds. The van der Waals surface area contributed by atoms with Gasteiger partial charge >= 0.3 is 0 Å². The van der Waals surface area contributed by atoms with Crippen LogP contribution in [0.4, 0.5) is 0 Å². The molecule has 0 unspecified atom stereocenters. The molecule has 4 nitrogen and oxygen atoms in total. The zero-order valence-corrected chi connectivity index (χ0v) is 12.2. The number of carbonyl (C=O) groups excluding carboxylic acids is 1. The van der Waals surface area contributed by atoms with E-state index in [1.54, 1.807) is 24.3 Å². The van der Waals surface area contributed by atoms with Gasteiger partial charge in [0.2, 0.25) is 0 Å². The first-order chi connectivity index (χ1) is 9.61. The fraction of sp³-hybridized carbons (Fsp3) is 0.143. The molecular formula is C14H11ClN2O2S. The number of amides is 1. The maximum Gasteiger partial charge on any atom is 0.287 e. The van der Waals surface area contributed by atoms with Gasteiger partial charge in [0.25, 0.3) is 5.91 Å². The number of benzene rings is 1. The average Bonchev–Trinajstić information content (AvgIpc) is 3.01. The minimum absolute atomic E-state index is 0.259. The average molecular weight is 307 g/mol. The SMILES string of the molecule is Cc1csc(CNC(=O)c2cc3cc(Cl)ccc3o2)n1. The van der Waals surface area contributed by atoms with Crippen LogP contribution in [0.5, 0.6) is 0 Å². The second kappa shape index (κ2) is 5.26. The summed E-state index contributed by atoms with van der Waals surface area (Å²) in [6.07, 6.45) is 0. The van der Waals surface area contributed by atoms with E-state index in [1.807, 2.05) is 12.3 Å². The normalized spacial score (nSPS) is 10.9. The van der Waals surface area contributed by atoms with Crippen molar-refractivity contribution in [2.45, 2.75) is 13.5 Å². The van der Waals surface area contributed by atoms with Crippen LogP contribution in [-0.2, 0) is 6.54 Å². The molecule has 3 rings (SSSR count). The first-order valence-electron chi connectivity index (χ1n) is 6.00. The van der Waals surface area contributed by atoms with Crippen molar-refractivity contribution >= 4 is 39.8 Å². The molecule has 20 heavy (non-hydrogen) atoms. The Morgan fingerprint density at radius 2 is 2.30 bits per heavy atom. The topological polar surface area (TPSA) is 55.1 Å². The molecule has 102 valence electrons. The van der Waals surface area contributed by atoms with E-state index >= 15 is 0 Å². The van der Waals surface area contributed by atoms with Crippen molar-refractivity contribution < 1.29 is 9.21 Å². The number of rotatable bonds is 3. The predicted octanol–water partition coefficient (Wildman–Crippen LogP) is 3.78. The fourth-order valence-electron chi connectivity index (χ4n) is 1.85. The van der Waals surface area contributed by atoms with Crippen LogP contribution in [0.1, 0.15) is 21.3 Å². The maximum absolute atomic E-state index is 12.0. The Bertz CT molecular complexity index is 778. The third-order valence-electron chi connectivity index (χ3n) is 2.77. The fourth-order valence-corrected chi connectivity index (χ4v) is 2.75. The molecule has 0 fully saturated rings. The van der Waals surface area contributed by atoms with Crippen molar-refractivity contribution in [1.29, 1.82) is 0 Å². The van der Waals surface area contributed by atoms with Crippen molar-refractivity contribution in [1.82, 2.24) is 10.3 Å². The number of nitrogens with one attached hydrogen (secondary N) is 1. The lowest BCUT2D eigenvalue weighted by molar-refractivity contribution is 0.0925. The molecular weight excluding hydrogens is 296 g/mol. The highest BCUT2D eigenvalue weighted by Gasteiger charge is 2.12. The van der Waals surface area contributed by atoms with E-state index in [4.69, 9.17) is 16.0 Å². The summed E-state index contributed by atoms with van der Waals surface area (Å²) in [6, 6.07) is 6.93. The molecule has 0 radical (unpaired) electrons. The molecule has 0 saturated carbocycles. The van der Waals surface area contributed by atoms with Gasteiger partial charge in [0.1, 0.15) is 10.6 Å². The van der Waals surface area contributed by atoms with Gasteiger partial charge in [0.05, 0.1) is 6.54 Å². The summed E-state index contributed by atoms with van der Waals surface area (Å²) >= 11 is 7.42. The molecule has 0 spiro atoms. The molecule has 0 bridgehead atoms. The van der Waals surface area contributed by atoms with Crippen LogP contribution in [0.3, 0.4) is 0 Å². The number of halogens is 1. The first-order valence-corrected chi connectivity index (χ1v) is 7.26. The summed E-state index contributed by atoms with van der Waals surface area (Å²) in [4.78, 5) is 16.3. The van der Waals surface area contributed by atoms with Gasteiger partial charge in [-0.3, -0.25) is 4.79 Å². The third kappa shape index (κ3) is 2.69. The monoisotopic (exact) mass is 306 g/mol. The third-order valence-corrected chi connectivity index (χ3v) is 3.97. The first kappa shape index (κ1) is 13.1. The lowest BCUT2D eigenvalue weighted by Crippen LogP contribution is -2.22. The number of thiazole rings is 1. The number of furan rings is 1. The number of fused-ring (bicyclic) bond motifs is 1. The van der Waals surface area contributed by atoms with Crippen LogP contribution in [0.25, 0.3) is 11.0 Å². The van der Waals surface area contributed by atoms with E-state index in [9.17, 15) is 4.79 Å². The molecule has 0 atom stereocenters. The van der Waals surface area contributed by atoms with Crippen LogP contribution in [0, 0.1) is 6.92 Å². The van der Waals surface area contributed by atoms with Crippen LogP contribution in [0.2, 0.25) is 5.02 Å². The molecule has 2 heterocycles. The molecule has 0 aliphatic heterocycles. The van der Waals surface area contributed by atoms with E-state index in [0.29, 0.717) is 17.2 Å². The molecule has 1 N–H and O–H groups in total. The Kier molecular flexibility index (Phi) is 3.46. The van der Waals surface area contributed by atoms with E-state index in [0.717, 1.165) is 16.1 Å². The smallest absolute Gasteiger partial charge is 0.287 e. The van der Waals surface area contributed by atoms with Crippen molar-refractivity contribution in [3.8, 4) is 0 Å².